The van der Waals surface area contributed by atoms with E-state index >= 15 is 0 Å². The van der Waals surface area contributed by atoms with E-state index in [0.29, 0.717) is 6.42 Å². The van der Waals surface area contributed by atoms with Crippen molar-refractivity contribution in [1.82, 2.24) is 10.6 Å². The fourth-order valence-corrected chi connectivity index (χ4v) is 4.29. The van der Waals surface area contributed by atoms with Crippen LogP contribution < -0.4 is 10.6 Å². The van der Waals surface area contributed by atoms with Crippen LogP contribution in [-0.4, -0.2) is 55.9 Å². The Morgan fingerprint density at radius 2 is 1.86 bits per heavy atom. The predicted octanol–water partition coefficient (Wildman–Crippen LogP) is 0.440. The van der Waals surface area contributed by atoms with Gasteiger partial charge in [-0.25, -0.2) is 13.2 Å². The van der Waals surface area contributed by atoms with Crippen LogP contribution in [0.1, 0.15) is 25.8 Å². The van der Waals surface area contributed by atoms with Gasteiger partial charge in [0.15, 0.2) is 15.9 Å². The summed E-state index contributed by atoms with van der Waals surface area (Å²) in [6.45, 7) is 2.84. The number of hydrogen-bond acceptors (Lipinski definition) is 6. The first-order chi connectivity index (χ1) is 13.2. The Kier molecular flexibility index (Phi) is 7.33. The first-order valence-corrected chi connectivity index (χ1v) is 10.7. The van der Waals surface area contributed by atoms with E-state index < -0.39 is 45.8 Å². The molecule has 1 saturated heterocycles. The first kappa shape index (κ1) is 21.6. The van der Waals surface area contributed by atoms with Crippen LogP contribution in [0.15, 0.2) is 36.4 Å². The van der Waals surface area contributed by atoms with Gasteiger partial charge < -0.3 is 15.4 Å². The molecule has 0 spiro atoms. The van der Waals surface area contributed by atoms with Gasteiger partial charge in [0.2, 0.25) is 5.91 Å². The van der Waals surface area contributed by atoms with Gasteiger partial charge in [-0.3, -0.25) is 9.59 Å². The minimum absolute atomic E-state index is 0.0334. The van der Waals surface area contributed by atoms with E-state index in [9.17, 15) is 22.8 Å². The van der Waals surface area contributed by atoms with E-state index in [1.54, 1.807) is 6.08 Å². The van der Waals surface area contributed by atoms with Crippen LogP contribution in [-0.2, 0) is 29.0 Å². The van der Waals surface area contributed by atoms with E-state index in [2.05, 4.69) is 10.6 Å². The van der Waals surface area contributed by atoms with Gasteiger partial charge in [-0.1, -0.05) is 30.3 Å². The summed E-state index contributed by atoms with van der Waals surface area (Å²) in [5.74, 6) is -1.88. The van der Waals surface area contributed by atoms with E-state index in [0.717, 1.165) is 5.56 Å². The topological polar surface area (TPSA) is 119 Å². The Bertz CT molecular complexity index is 850. The molecule has 1 heterocycles. The lowest BCUT2D eigenvalue weighted by Crippen LogP contribution is -2.45. The molecule has 1 aromatic rings. The molecule has 2 amide bonds. The van der Waals surface area contributed by atoms with Crippen molar-refractivity contribution in [3.8, 4) is 0 Å². The summed E-state index contributed by atoms with van der Waals surface area (Å²) in [4.78, 5) is 36.0. The normalized spacial score (nSPS) is 20.3. The van der Waals surface area contributed by atoms with Gasteiger partial charge in [0.05, 0.1) is 11.5 Å². The van der Waals surface area contributed by atoms with Crippen molar-refractivity contribution >= 4 is 33.7 Å². The van der Waals surface area contributed by atoms with E-state index in [1.807, 2.05) is 30.3 Å². The molecule has 152 valence electrons. The highest BCUT2D eigenvalue weighted by Gasteiger charge is 2.31. The van der Waals surface area contributed by atoms with Crippen LogP contribution in [0.3, 0.4) is 0 Å². The number of rotatable bonds is 7. The molecular formula is C19H24N2O6S. The molecule has 1 aliphatic heterocycles. The number of hydrogen-bond donors (Lipinski definition) is 2. The number of nitrogens with one attached hydrogen (secondary N) is 2. The molecule has 28 heavy (non-hydrogen) atoms. The molecule has 0 bridgehead atoms. The summed E-state index contributed by atoms with van der Waals surface area (Å²) in [7, 11) is -3.12. The molecule has 0 saturated carbocycles. The quantitative estimate of drug-likeness (QED) is 0.499. The van der Waals surface area contributed by atoms with Crippen molar-refractivity contribution in [3.05, 3.63) is 42.0 Å². The lowest BCUT2D eigenvalue weighted by Gasteiger charge is -2.18. The van der Waals surface area contributed by atoms with Crippen molar-refractivity contribution in [2.24, 2.45) is 0 Å². The Hall–Kier alpha value is -2.68. The van der Waals surface area contributed by atoms with Crippen molar-refractivity contribution < 1.29 is 27.5 Å². The third kappa shape index (κ3) is 6.80. The summed E-state index contributed by atoms with van der Waals surface area (Å²) >= 11 is 0. The summed E-state index contributed by atoms with van der Waals surface area (Å²) in [5.41, 5.74) is 0.840. The molecule has 1 aromatic carbocycles. The van der Waals surface area contributed by atoms with Gasteiger partial charge >= 0.3 is 5.97 Å². The van der Waals surface area contributed by atoms with Crippen LogP contribution in [0.5, 0.6) is 0 Å². The minimum Gasteiger partial charge on any atom is -0.451 e. The zero-order valence-electron chi connectivity index (χ0n) is 15.8. The third-order valence-electron chi connectivity index (χ3n) is 4.18. The number of carbonyl (C=O) groups excluding carboxylic acids is 3. The number of carbonyl (C=O) groups is 3. The van der Waals surface area contributed by atoms with Crippen molar-refractivity contribution in [2.45, 2.75) is 38.5 Å². The molecular weight excluding hydrogens is 384 g/mol. The Morgan fingerprint density at radius 1 is 1.18 bits per heavy atom. The molecule has 1 fully saturated rings. The summed E-state index contributed by atoms with van der Waals surface area (Å²) < 4.78 is 27.9. The van der Waals surface area contributed by atoms with Gasteiger partial charge in [0.25, 0.3) is 5.91 Å². The molecule has 0 aliphatic carbocycles. The Labute approximate surface area is 164 Å². The fraction of sp³-hybridized carbons (Fsp3) is 0.421. The average Bonchev–Trinajstić information content (AvgIpc) is 2.99. The lowest BCUT2D eigenvalue weighted by molar-refractivity contribution is -0.157. The van der Waals surface area contributed by atoms with Crippen LogP contribution in [0.4, 0.5) is 0 Å². The van der Waals surface area contributed by atoms with E-state index in [-0.39, 0.29) is 11.5 Å². The molecule has 0 unspecified atom stereocenters. The van der Waals surface area contributed by atoms with Crippen molar-refractivity contribution in [1.29, 1.82) is 0 Å². The van der Waals surface area contributed by atoms with Gasteiger partial charge in [0.1, 0.15) is 6.04 Å². The predicted molar refractivity (Wildman–Crippen MR) is 104 cm³/mol. The van der Waals surface area contributed by atoms with Crippen molar-refractivity contribution in [2.75, 3.05) is 11.5 Å². The van der Waals surface area contributed by atoms with Gasteiger partial charge in [-0.05, 0) is 31.9 Å². The average molecular weight is 408 g/mol. The van der Waals surface area contributed by atoms with Crippen LogP contribution in [0.2, 0.25) is 0 Å². The third-order valence-corrected chi connectivity index (χ3v) is 5.95. The van der Waals surface area contributed by atoms with Crippen molar-refractivity contribution in [3.63, 3.8) is 0 Å². The fourth-order valence-electron chi connectivity index (χ4n) is 2.61. The molecule has 0 radical (unpaired) electrons. The zero-order valence-corrected chi connectivity index (χ0v) is 16.6. The minimum atomic E-state index is -3.12. The maximum atomic E-state index is 12.1. The van der Waals surface area contributed by atoms with Crippen LogP contribution in [0.25, 0.3) is 6.08 Å². The molecule has 3 atom stereocenters. The second-order valence-electron chi connectivity index (χ2n) is 6.66. The first-order valence-electron chi connectivity index (χ1n) is 8.91. The smallest absolute Gasteiger partial charge is 0.329 e. The number of sulfone groups is 1. The number of benzene rings is 1. The monoisotopic (exact) mass is 408 g/mol. The maximum Gasteiger partial charge on any atom is 0.329 e. The summed E-state index contributed by atoms with van der Waals surface area (Å²) in [6, 6.07) is 7.78. The molecule has 0 aromatic heterocycles. The lowest BCUT2D eigenvalue weighted by atomic mass is 10.2. The standard InChI is InChI=1S/C19H24N2O6S/c1-13(20-17(22)9-8-15-6-4-3-5-7-15)19(24)27-14(2)18(23)21-16-10-11-28(25,26)12-16/h3-9,13-14,16H,10-12H2,1-2H3,(H,20,22)(H,21,23)/b9-8+/t13-,14-,16-/m0/s1. The highest BCUT2D eigenvalue weighted by Crippen LogP contribution is 2.11. The second-order valence-corrected chi connectivity index (χ2v) is 8.89. The SMILES string of the molecule is C[C@H](NC(=O)/C=C/c1ccccc1)C(=O)O[C@@H](C)C(=O)N[C@H]1CCS(=O)(=O)C1. The van der Waals surface area contributed by atoms with Gasteiger partial charge in [-0.2, -0.15) is 0 Å². The maximum absolute atomic E-state index is 12.1. The molecule has 8 nitrogen and oxygen atoms in total. The number of esters is 1. The highest BCUT2D eigenvalue weighted by molar-refractivity contribution is 7.91. The number of amides is 2. The molecule has 2 N–H and O–H groups in total. The van der Waals surface area contributed by atoms with Gasteiger partial charge in [0, 0.05) is 12.1 Å². The summed E-state index contributed by atoms with van der Waals surface area (Å²) in [5, 5.41) is 5.03. The van der Waals surface area contributed by atoms with E-state index in [4.69, 9.17) is 4.74 Å². The Morgan fingerprint density at radius 3 is 2.46 bits per heavy atom. The van der Waals surface area contributed by atoms with Crippen LogP contribution >= 0.6 is 0 Å². The summed E-state index contributed by atoms with van der Waals surface area (Å²) in [6.07, 6.45) is 2.15. The molecule has 1 aliphatic rings. The highest BCUT2D eigenvalue weighted by atomic mass is 32.2. The number of ether oxygens (including phenoxy) is 1. The van der Waals surface area contributed by atoms with E-state index in [1.165, 1.54) is 19.9 Å². The van der Waals surface area contributed by atoms with Gasteiger partial charge in [-0.15, -0.1) is 0 Å². The zero-order chi connectivity index (χ0) is 20.7. The largest absolute Gasteiger partial charge is 0.451 e. The van der Waals surface area contributed by atoms with Crippen LogP contribution in [0, 0.1) is 0 Å². The molecule has 2 rings (SSSR count). The second kappa shape index (κ2) is 9.50. The molecule has 9 heteroatoms. The Balaban J connectivity index is 1.78.